The number of hydrogen-bond donors (Lipinski definition) is 1. The Balaban J connectivity index is 2.17. The van der Waals surface area contributed by atoms with Crippen LogP contribution in [0.2, 0.25) is 0 Å². The molecule has 0 amide bonds. The van der Waals surface area contributed by atoms with E-state index in [1.807, 2.05) is 0 Å². The zero-order chi connectivity index (χ0) is 13.2. The molecule has 0 unspecified atom stereocenters. The summed E-state index contributed by atoms with van der Waals surface area (Å²) in [5.41, 5.74) is 1.32. The molecule has 0 saturated carbocycles. The van der Waals surface area contributed by atoms with Gasteiger partial charge in [-0.1, -0.05) is 32.0 Å². The van der Waals surface area contributed by atoms with Gasteiger partial charge in [0.05, 0.1) is 0 Å². The molecular formula is C16H28N2. The third-order valence-electron chi connectivity index (χ3n) is 3.20. The minimum Gasteiger partial charge on any atom is -0.371 e. The summed E-state index contributed by atoms with van der Waals surface area (Å²) in [4.78, 5) is 2.41. The molecule has 1 aromatic rings. The molecule has 0 fully saturated rings. The first-order chi connectivity index (χ1) is 8.74. The molecule has 2 nitrogen and oxygen atoms in total. The first-order valence-corrected chi connectivity index (χ1v) is 7.24. The van der Waals surface area contributed by atoms with Gasteiger partial charge in [-0.2, -0.15) is 0 Å². The molecular weight excluding hydrogens is 220 g/mol. The fourth-order valence-corrected chi connectivity index (χ4v) is 2.08. The Labute approximate surface area is 112 Å². The monoisotopic (exact) mass is 248 g/mol. The minimum absolute atomic E-state index is 0.822. The van der Waals surface area contributed by atoms with Gasteiger partial charge in [-0.15, -0.1) is 0 Å². The Hall–Kier alpha value is -1.02. The number of benzene rings is 1. The van der Waals surface area contributed by atoms with E-state index in [2.05, 4.69) is 61.3 Å². The first kappa shape index (κ1) is 15.0. The van der Waals surface area contributed by atoms with Crippen LogP contribution >= 0.6 is 0 Å². The number of likely N-dealkylation sites (N-methyl/N-ethyl adjacent to an activating group) is 1. The Kier molecular flexibility index (Phi) is 7.51. The van der Waals surface area contributed by atoms with Crippen molar-refractivity contribution in [1.82, 2.24) is 5.32 Å². The topological polar surface area (TPSA) is 15.3 Å². The maximum Gasteiger partial charge on any atom is 0.0366 e. The molecule has 0 radical (unpaired) electrons. The molecule has 102 valence electrons. The number of hydrogen-bond acceptors (Lipinski definition) is 2. The van der Waals surface area contributed by atoms with E-state index in [9.17, 15) is 0 Å². The van der Waals surface area contributed by atoms with Gasteiger partial charge in [-0.25, -0.2) is 0 Å². The fraction of sp³-hybridized carbons (Fsp3) is 0.625. The van der Waals surface area contributed by atoms with Crippen LogP contribution in [0, 0.1) is 5.92 Å². The van der Waals surface area contributed by atoms with Crippen LogP contribution in [-0.2, 0) is 0 Å². The van der Waals surface area contributed by atoms with Gasteiger partial charge in [0.1, 0.15) is 0 Å². The molecule has 0 atom stereocenters. The molecule has 0 aromatic heterocycles. The highest BCUT2D eigenvalue weighted by atomic mass is 15.1. The predicted octanol–water partition coefficient (Wildman–Crippen LogP) is 3.54. The Morgan fingerprint density at radius 1 is 1.11 bits per heavy atom. The average Bonchev–Trinajstić information content (AvgIpc) is 2.38. The van der Waals surface area contributed by atoms with Crippen molar-refractivity contribution in [3.8, 4) is 0 Å². The lowest BCUT2D eigenvalue weighted by Gasteiger charge is -2.23. The summed E-state index contributed by atoms with van der Waals surface area (Å²) in [6, 6.07) is 10.6. The number of rotatable bonds is 9. The van der Waals surface area contributed by atoms with Crippen molar-refractivity contribution in [2.75, 3.05) is 31.1 Å². The Morgan fingerprint density at radius 3 is 2.44 bits per heavy atom. The van der Waals surface area contributed by atoms with Crippen molar-refractivity contribution in [3.05, 3.63) is 30.3 Å². The lowest BCUT2D eigenvalue weighted by Crippen LogP contribution is -2.32. The Bertz CT molecular complexity index is 295. The molecule has 0 saturated heterocycles. The lowest BCUT2D eigenvalue weighted by atomic mass is 10.1. The van der Waals surface area contributed by atoms with E-state index < -0.39 is 0 Å². The van der Waals surface area contributed by atoms with Crippen molar-refractivity contribution >= 4 is 5.69 Å². The third kappa shape index (κ3) is 6.06. The van der Waals surface area contributed by atoms with Gasteiger partial charge in [0.25, 0.3) is 0 Å². The van der Waals surface area contributed by atoms with Crippen molar-refractivity contribution in [2.24, 2.45) is 5.92 Å². The molecule has 0 aliphatic rings. The summed E-state index contributed by atoms with van der Waals surface area (Å²) in [5, 5.41) is 3.53. The highest BCUT2D eigenvalue weighted by molar-refractivity contribution is 5.45. The van der Waals surface area contributed by atoms with Crippen LogP contribution in [0.15, 0.2) is 30.3 Å². The van der Waals surface area contributed by atoms with Crippen LogP contribution < -0.4 is 10.2 Å². The predicted molar refractivity (Wildman–Crippen MR) is 81.3 cm³/mol. The summed E-state index contributed by atoms with van der Waals surface area (Å²) in [5.74, 6) is 0.822. The second-order valence-corrected chi connectivity index (χ2v) is 5.20. The smallest absolute Gasteiger partial charge is 0.0366 e. The molecule has 1 aromatic carbocycles. The second-order valence-electron chi connectivity index (χ2n) is 5.20. The van der Waals surface area contributed by atoms with Crippen molar-refractivity contribution in [1.29, 1.82) is 0 Å². The van der Waals surface area contributed by atoms with E-state index in [1.54, 1.807) is 0 Å². The normalized spacial score (nSPS) is 10.9. The van der Waals surface area contributed by atoms with E-state index in [4.69, 9.17) is 0 Å². The van der Waals surface area contributed by atoms with Crippen LogP contribution in [0.5, 0.6) is 0 Å². The highest BCUT2D eigenvalue weighted by Gasteiger charge is 2.02. The Morgan fingerprint density at radius 2 is 1.83 bits per heavy atom. The molecule has 0 heterocycles. The summed E-state index contributed by atoms with van der Waals surface area (Å²) < 4.78 is 0. The number of para-hydroxylation sites is 1. The van der Waals surface area contributed by atoms with Gasteiger partial charge in [-0.3, -0.25) is 0 Å². The number of nitrogens with zero attached hydrogens (tertiary/aromatic N) is 1. The van der Waals surface area contributed by atoms with Crippen molar-refractivity contribution < 1.29 is 0 Å². The van der Waals surface area contributed by atoms with Crippen LogP contribution in [0.25, 0.3) is 0 Å². The van der Waals surface area contributed by atoms with Gasteiger partial charge in [0.15, 0.2) is 0 Å². The van der Waals surface area contributed by atoms with Crippen LogP contribution in [0.4, 0.5) is 5.69 Å². The zero-order valence-corrected chi connectivity index (χ0v) is 12.2. The molecule has 0 aliphatic carbocycles. The lowest BCUT2D eigenvalue weighted by molar-refractivity contribution is 0.528. The second kappa shape index (κ2) is 8.98. The van der Waals surface area contributed by atoms with Crippen LogP contribution in [0.1, 0.15) is 33.6 Å². The quantitative estimate of drug-likeness (QED) is 0.672. The molecule has 0 bridgehead atoms. The molecule has 1 N–H and O–H groups in total. The number of nitrogens with one attached hydrogen (secondary N) is 1. The van der Waals surface area contributed by atoms with E-state index in [-0.39, 0.29) is 0 Å². The van der Waals surface area contributed by atoms with E-state index in [0.717, 1.165) is 32.1 Å². The van der Waals surface area contributed by atoms with Gasteiger partial charge >= 0.3 is 0 Å². The third-order valence-corrected chi connectivity index (χ3v) is 3.20. The van der Waals surface area contributed by atoms with Crippen molar-refractivity contribution in [3.63, 3.8) is 0 Å². The minimum atomic E-state index is 0.822. The number of anilines is 1. The van der Waals surface area contributed by atoms with Crippen LogP contribution in [-0.4, -0.2) is 26.2 Å². The van der Waals surface area contributed by atoms with Gasteiger partial charge in [-0.05, 0) is 44.4 Å². The highest BCUT2D eigenvalue weighted by Crippen LogP contribution is 2.11. The van der Waals surface area contributed by atoms with Gasteiger partial charge < -0.3 is 10.2 Å². The van der Waals surface area contributed by atoms with Crippen LogP contribution in [0.3, 0.4) is 0 Å². The van der Waals surface area contributed by atoms with Gasteiger partial charge in [0.2, 0.25) is 0 Å². The summed E-state index contributed by atoms with van der Waals surface area (Å²) >= 11 is 0. The largest absolute Gasteiger partial charge is 0.371 e. The summed E-state index contributed by atoms with van der Waals surface area (Å²) in [6.45, 7) is 11.2. The molecule has 18 heavy (non-hydrogen) atoms. The zero-order valence-electron chi connectivity index (χ0n) is 12.2. The average molecular weight is 248 g/mol. The summed E-state index contributed by atoms with van der Waals surface area (Å²) in [7, 11) is 0. The molecule has 1 rings (SSSR count). The standard InChI is InChI=1S/C16H28N2/c1-4-18(16-10-6-5-7-11-16)14-13-17-12-8-9-15(2)3/h5-7,10-11,15,17H,4,8-9,12-14H2,1-3H3. The first-order valence-electron chi connectivity index (χ1n) is 7.24. The summed E-state index contributed by atoms with van der Waals surface area (Å²) in [6.07, 6.45) is 2.61. The maximum absolute atomic E-state index is 3.53. The van der Waals surface area contributed by atoms with E-state index >= 15 is 0 Å². The van der Waals surface area contributed by atoms with E-state index in [1.165, 1.54) is 18.5 Å². The maximum atomic E-state index is 3.53. The fourth-order valence-electron chi connectivity index (χ4n) is 2.08. The molecule has 0 spiro atoms. The SMILES string of the molecule is CCN(CCNCCCC(C)C)c1ccccc1. The van der Waals surface area contributed by atoms with Gasteiger partial charge in [0, 0.05) is 25.3 Å². The van der Waals surface area contributed by atoms with Crippen molar-refractivity contribution in [2.45, 2.75) is 33.6 Å². The molecule has 2 heteroatoms. The molecule has 0 aliphatic heterocycles. The van der Waals surface area contributed by atoms with E-state index in [0.29, 0.717) is 0 Å².